The van der Waals surface area contributed by atoms with Gasteiger partial charge in [-0.3, -0.25) is 0 Å². The first-order valence-corrected chi connectivity index (χ1v) is 15.1. The predicted octanol–water partition coefficient (Wildman–Crippen LogP) is 5.15. The Kier molecular flexibility index (Phi) is 6.99. The van der Waals surface area contributed by atoms with E-state index in [-0.39, 0.29) is 12.1 Å². The number of hydrogen-bond donors (Lipinski definition) is 1. The molecule has 31 heavy (non-hydrogen) atoms. The Labute approximate surface area is 188 Å². The first-order valence-electron chi connectivity index (χ1n) is 11.6. The number of aryl methyl sites for hydroxylation is 2. The van der Waals surface area contributed by atoms with E-state index in [0.29, 0.717) is 19.1 Å². The summed E-state index contributed by atoms with van der Waals surface area (Å²) in [7, 11) is -1.60. The van der Waals surface area contributed by atoms with Crippen molar-refractivity contribution in [1.82, 2.24) is 4.98 Å². The predicted molar refractivity (Wildman–Crippen MR) is 135 cm³/mol. The van der Waals surface area contributed by atoms with Crippen molar-refractivity contribution in [2.45, 2.75) is 79.7 Å². The minimum absolute atomic E-state index is 0.0814. The van der Waals surface area contributed by atoms with Crippen molar-refractivity contribution in [3.05, 3.63) is 28.8 Å². The van der Waals surface area contributed by atoms with E-state index < -0.39 is 8.07 Å². The van der Waals surface area contributed by atoms with E-state index in [0.717, 1.165) is 18.2 Å². The summed E-state index contributed by atoms with van der Waals surface area (Å²) in [5.41, 5.74) is 5.20. The molecule has 5 nitrogen and oxygen atoms in total. The molecule has 0 unspecified atom stereocenters. The lowest BCUT2D eigenvalue weighted by Gasteiger charge is -2.29. The molecule has 0 spiro atoms. The van der Waals surface area contributed by atoms with Gasteiger partial charge in [-0.2, -0.15) is 0 Å². The molecule has 0 bridgehead atoms. The highest BCUT2D eigenvalue weighted by Gasteiger charge is 2.34. The fourth-order valence-electron chi connectivity index (χ4n) is 4.24. The number of nitrogens with one attached hydrogen (secondary N) is 1. The van der Waals surface area contributed by atoms with Gasteiger partial charge in [0.1, 0.15) is 12.1 Å². The van der Waals surface area contributed by atoms with Gasteiger partial charge in [0.2, 0.25) is 11.8 Å². The first-order chi connectivity index (χ1) is 14.6. The van der Waals surface area contributed by atoms with Gasteiger partial charge in [0.25, 0.3) is 0 Å². The maximum absolute atomic E-state index is 6.02. The van der Waals surface area contributed by atoms with Crippen LogP contribution in [0.5, 0.6) is 0 Å². The van der Waals surface area contributed by atoms with E-state index in [4.69, 9.17) is 19.5 Å². The molecule has 2 aromatic rings. The van der Waals surface area contributed by atoms with Crippen molar-refractivity contribution in [3.8, 4) is 0 Å². The number of aromatic amines is 1. The number of aromatic nitrogens is 1. The second-order valence-electron chi connectivity index (χ2n) is 9.92. The van der Waals surface area contributed by atoms with Crippen LogP contribution in [0.1, 0.15) is 44.4 Å². The molecule has 0 amide bonds. The molecule has 0 aliphatic carbocycles. The number of rotatable bonds is 6. The van der Waals surface area contributed by atoms with Gasteiger partial charge in [0.15, 0.2) is 0 Å². The average Bonchev–Trinajstić information content (AvgIpc) is 3.02. The van der Waals surface area contributed by atoms with E-state index in [1.165, 1.54) is 32.9 Å². The lowest BCUT2D eigenvalue weighted by Crippen LogP contribution is -2.43. The number of ether oxygens (including phenoxy) is 2. The monoisotopic (exact) mass is 441 g/mol. The lowest BCUT2D eigenvalue weighted by molar-refractivity contribution is 0.276. The molecule has 170 valence electrons. The van der Waals surface area contributed by atoms with Crippen molar-refractivity contribution in [2.24, 2.45) is 15.9 Å². The van der Waals surface area contributed by atoms with Crippen molar-refractivity contribution in [1.29, 1.82) is 0 Å². The first kappa shape index (κ1) is 23.6. The van der Waals surface area contributed by atoms with E-state index >= 15 is 0 Å². The molecule has 1 aliphatic heterocycles. The Morgan fingerprint density at radius 3 is 2.16 bits per heavy atom. The lowest BCUT2D eigenvalue weighted by atomic mass is 9.99. The molecule has 0 fully saturated rings. The fourth-order valence-corrected chi connectivity index (χ4v) is 5.89. The number of hydrogen-bond acceptors (Lipinski definition) is 4. The minimum Gasteiger partial charge on any atom is -0.480 e. The topological polar surface area (TPSA) is 59.0 Å². The molecule has 0 saturated heterocycles. The summed E-state index contributed by atoms with van der Waals surface area (Å²) >= 11 is 0. The Bertz CT molecular complexity index is 998. The highest BCUT2D eigenvalue weighted by atomic mass is 28.3. The molecular formula is C25H39N3O2Si. The van der Waals surface area contributed by atoms with Crippen molar-refractivity contribution < 1.29 is 9.47 Å². The molecule has 1 aliphatic rings. The standard InChI is InChI=1S/C25H39N3O2Si/c1-10-29-23-21(26-24(30-11-2)22(28-23)15(3)4)14-19-18-12-16(5)17(6)13-20(18)27-25(19)31(7,8)9/h12-13,15,21-22,27H,10-11,14H2,1-9H3/t21-,22+/m0/s1. The van der Waals surface area contributed by atoms with E-state index in [1.54, 1.807) is 0 Å². The average molecular weight is 442 g/mol. The molecule has 0 radical (unpaired) electrons. The Morgan fingerprint density at radius 1 is 0.968 bits per heavy atom. The molecule has 2 heterocycles. The normalized spacial score (nSPS) is 19.5. The second kappa shape index (κ2) is 9.19. The van der Waals surface area contributed by atoms with Gasteiger partial charge in [-0.25, -0.2) is 9.98 Å². The van der Waals surface area contributed by atoms with E-state index in [1.807, 2.05) is 13.8 Å². The number of aliphatic imine (C=N–C) groups is 2. The zero-order chi connectivity index (χ0) is 22.9. The van der Waals surface area contributed by atoms with Crippen LogP contribution in [0, 0.1) is 19.8 Å². The van der Waals surface area contributed by atoms with Gasteiger partial charge in [0.05, 0.1) is 21.3 Å². The van der Waals surface area contributed by atoms with Crippen molar-refractivity contribution >= 4 is 36.1 Å². The second-order valence-corrected chi connectivity index (χ2v) is 14.9. The maximum Gasteiger partial charge on any atom is 0.210 e. The van der Waals surface area contributed by atoms with Crippen LogP contribution < -0.4 is 5.32 Å². The Balaban J connectivity index is 2.12. The summed E-state index contributed by atoms with van der Waals surface area (Å²) in [4.78, 5) is 13.8. The quantitative estimate of drug-likeness (QED) is 0.630. The van der Waals surface area contributed by atoms with Gasteiger partial charge in [-0.1, -0.05) is 33.5 Å². The summed E-state index contributed by atoms with van der Waals surface area (Å²) in [5, 5.41) is 2.69. The third-order valence-electron chi connectivity index (χ3n) is 5.97. The van der Waals surface area contributed by atoms with Crippen LogP contribution in [-0.2, 0) is 15.9 Å². The Morgan fingerprint density at radius 2 is 1.58 bits per heavy atom. The summed E-state index contributed by atoms with van der Waals surface area (Å²) in [6.07, 6.45) is 0.766. The van der Waals surface area contributed by atoms with Crippen LogP contribution in [0.25, 0.3) is 10.9 Å². The molecule has 1 N–H and O–H groups in total. The van der Waals surface area contributed by atoms with Gasteiger partial charge in [-0.15, -0.1) is 0 Å². The SMILES string of the molecule is CCOC1=N[C@H](C(C)C)C(OCC)=N[C@H]1Cc1c([Si](C)(C)C)[nH]c2cc(C)c(C)cc12. The molecule has 2 atom stereocenters. The Hall–Kier alpha value is -2.08. The van der Waals surface area contributed by atoms with E-state index in [2.05, 4.69) is 64.5 Å². The summed E-state index contributed by atoms with van der Waals surface area (Å²) in [6, 6.07) is 4.36. The van der Waals surface area contributed by atoms with Gasteiger partial charge < -0.3 is 14.5 Å². The van der Waals surface area contributed by atoms with Gasteiger partial charge in [0, 0.05) is 22.6 Å². The maximum atomic E-state index is 6.02. The summed E-state index contributed by atoms with van der Waals surface area (Å²) in [5.74, 6) is 1.79. The van der Waals surface area contributed by atoms with Crippen LogP contribution in [0.4, 0.5) is 0 Å². The summed E-state index contributed by atoms with van der Waals surface area (Å²) in [6.45, 7) is 21.0. The van der Waals surface area contributed by atoms with Crippen LogP contribution in [0.3, 0.4) is 0 Å². The van der Waals surface area contributed by atoms with Crippen LogP contribution >= 0.6 is 0 Å². The number of H-pyrrole nitrogens is 1. The minimum atomic E-state index is -1.60. The number of benzene rings is 1. The third-order valence-corrected chi connectivity index (χ3v) is 7.90. The molecule has 0 saturated carbocycles. The zero-order valence-corrected chi connectivity index (χ0v) is 21.7. The molecular weight excluding hydrogens is 402 g/mol. The fraction of sp³-hybridized carbons (Fsp3) is 0.600. The molecule has 1 aromatic heterocycles. The largest absolute Gasteiger partial charge is 0.480 e. The third kappa shape index (κ3) is 4.89. The van der Waals surface area contributed by atoms with Crippen LogP contribution in [0.2, 0.25) is 19.6 Å². The molecule has 1 aromatic carbocycles. The van der Waals surface area contributed by atoms with Gasteiger partial charge in [-0.05, 0) is 62.4 Å². The van der Waals surface area contributed by atoms with Crippen LogP contribution in [0.15, 0.2) is 22.1 Å². The summed E-state index contributed by atoms with van der Waals surface area (Å²) < 4.78 is 12.0. The van der Waals surface area contributed by atoms with E-state index in [9.17, 15) is 0 Å². The highest BCUT2D eigenvalue weighted by molar-refractivity contribution is 6.88. The molecule has 3 rings (SSSR count). The number of nitrogens with zero attached hydrogens (tertiary/aromatic N) is 2. The van der Waals surface area contributed by atoms with Crippen molar-refractivity contribution in [3.63, 3.8) is 0 Å². The van der Waals surface area contributed by atoms with Crippen LogP contribution in [-0.4, -0.2) is 50.2 Å². The van der Waals surface area contributed by atoms with Crippen molar-refractivity contribution in [2.75, 3.05) is 13.2 Å². The van der Waals surface area contributed by atoms with Gasteiger partial charge >= 0.3 is 0 Å². The number of fused-ring (bicyclic) bond motifs is 1. The molecule has 6 heteroatoms. The smallest absolute Gasteiger partial charge is 0.210 e. The highest BCUT2D eigenvalue weighted by Crippen LogP contribution is 2.27. The zero-order valence-electron chi connectivity index (χ0n) is 20.7.